The minimum atomic E-state index is 0.122. The Morgan fingerprint density at radius 2 is 1.89 bits per heavy atom. The van der Waals surface area contributed by atoms with Crippen LogP contribution in [-0.2, 0) is 6.54 Å². The molecule has 0 fully saturated rings. The number of halogens is 1. The summed E-state index contributed by atoms with van der Waals surface area (Å²) in [4.78, 5) is 8.94. The molecule has 1 atom stereocenters. The summed E-state index contributed by atoms with van der Waals surface area (Å²) in [6.07, 6.45) is 0. The number of nitrogens with one attached hydrogen (secondary N) is 2. The maximum atomic E-state index is 5.91. The van der Waals surface area contributed by atoms with E-state index >= 15 is 0 Å². The molecule has 6 nitrogen and oxygen atoms in total. The molecule has 0 bridgehead atoms. The van der Waals surface area contributed by atoms with E-state index in [9.17, 15) is 0 Å². The van der Waals surface area contributed by atoms with E-state index in [1.807, 2.05) is 37.3 Å². The van der Waals surface area contributed by atoms with Crippen molar-refractivity contribution in [1.29, 1.82) is 0 Å². The lowest BCUT2D eigenvalue weighted by Gasteiger charge is -2.17. The maximum absolute atomic E-state index is 5.91. The highest BCUT2D eigenvalue weighted by atomic mass is 35.5. The van der Waals surface area contributed by atoms with Crippen molar-refractivity contribution in [3.63, 3.8) is 0 Å². The molecule has 27 heavy (non-hydrogen) atoms. The maximum Gasteiger partial charge on any atom is 0.248 e. The highest BCUT2D eigenvalue weighted by Crippen LogP contribution is 2.19. The number of aliphatic imine (C=N–C) groups is 1. The van der Waals surface area contributed by atoms with E-state index in [2.05, 4.69) is 44.8 Å². The topological polar surface area (TPSA) is 75.3 Å². The minimum Gasteiger partial charge on any atom is -0.357 e. The predicted molar refractivity (Wildman–Crippen MR) is 108 cm³/mol. The van der Waals surface area contributed by atoms with Gasteiger partial charge in [-0.25, -0.2) is 4.99 Å². The van der Waals surface area contributed by atoms with E-state index in [0.29, 0.717) is 22.7 Å². The first-order valence-corrected chi connectivity index (χ1v) is 9.22. The molecule has 3 rings (SSSR count). The number of rotatable bonds is 6. The van der Waals surface area contributed by atoms with Crippen LogP contribution in [0, 0.1) is 0 Å². The Balaban J connectivity index is 1.67. The van der Waals surface area contributed by atoms with Crippen molar-refractivity contribution in [3.05, 3.63) is 71.1 Å². The summed E-state index contributed by atoms with van der Waals surface area (Å²) in [6, 6.07) is 17.6. The van der Waals surface area contributed by atoms with Gasteiger partial charge in [-0.1, -0.05) is 47.1 Å². The summed E-state index contributed by atoms with van der Waals surface area (Å²) >= 11 is 5.91. The zero-order valence-electron chi connectivity index (χ0n) is 15.3. The standard InChI is InChI=1S/C20H22ClN5O/c1-3-22-20(24-14(2)15-7-5-4-6-8-15)23-13-18-25-19(26-27-18)16-9-11-17(21)12-10-16/h4-12,14H,3,13H2,1-2H3,(H2,22,23,24). The summed E-state index contributed by atoms with van der Waals surface area (Å²) in [5.74, 6) is 1.66. The Bertz CT molecular complexity index is 877. The van der Waals surface area contributed by atoms with Crippen molar-refractivity contribution in [1.82, 2.24) is 20.8 Å². The third-order valence-electron chi connectivity index (χ3n) is 3.94. The quantitative estimate of drug-likeness (QED) is 0.492. The molecule has 140 valence electrons. The molecule has 1 unspecified atom stereocenters. The first kappa shape index (κ1) is 18.9. The average Bonchev–Trinajstić information content (AvgIpc) is 3.16. The number of hydrogen-bond donors (Lipinski definition) is 2. The van der Waals surface area contributed by atoms with Gasteiger partial charge in [0.2, 0.25) is 11.7 Å². The summed E-state index contributed by atoms with van der Waals surface area (Å²) < 4.78 is 5.31. The Labute approximate surface area is 163 Å². The van der Waals surface area contributed by atoms with Crippen molar-refractivity contribution in [2.24, 2.45) is 4.99 Å². The first-order valence-electron chi connectivity index (χ1n) is 8.84. The SMILES string of the molecule is CCNC(=NCc1nc(-c2ccc(Cl)cc2)no1)NC(C)c1ccccc1. The molecule has 1 aromatic heterocycles. The van der Waals surface area contributed by atoms with E-state index < -0.39 is 0 Å². The Hall–Kier alpha value is -2.86. The van der Waals surface area contributed by atoms with Crippen molar-refractivity contribution in [2.75, 3.05) is 6.54 Å². The molecular weight excluding hydrogens is 362 g/mol. The molecule has 2 N–H and O–H groups in total. The van der Waals surface area contributed by atoms with Gasteiger partial charge in [0, 0.05) is 17.1 Å². The second-order valence-corrected chi connectivity index (χ2v) is 6.43. The van der Waals surface area contributed by atoms with Gasteiger partial charge in [-0.05, 0) is 43.7 Å². The largest absolute Gasteiger partial charge is 0.357 e. The summed E-state index contributed by atoms with van der Waals surface area (Å²) in [7, 11) is 0. The van der Waals surface area contributed by atoms with Crippen LogP contribution >= 0.6 is 11.6 Å². The van der Waals surface area contributed by atoms with Crippen molar-refractivity contribution < 1.29 is 4.52 Å². The summed E-state index contributed by atoms with van der Waals surface area (Å²) in [5.41, 5.74) is 2.03. The second-order valence-electron chi connectivity index (χ2n) is 5.99. The molecule has 0 saturated carbocycles. The molecule has 0 saturated heterocycles. The van der Waals surface area contributed by atoms with Gasteiger partial charge < -0.3 is 15.2 Å². The molecule has 3 aromatic rings. The Morgan fingerprint density at radius 3 is 2.59 bits per heavy atom. The van der Waals surface area contributed by atoms with Gasteiger partial charge in [0.1, 0.15) is 6.54 Å². The van der Waals surface area contributed by atoms with Crippen LogP contribution in [0.4, 0.5) is 0 Å². The van der Waals surface area contributed by atoms with Gasteiger partial charge in [0.05, 0.1) is 6.04 Å². The lowest BCUT2D eigenvalue weighted by Crippen LogP contribution is -2.38. The fourth-order valence-corrected chi connectivity index (χ4v) is 2.66. The minimum absolute atomic E-state index is 0.122. The van der Waals surface area contributed by atoms with Crippen LogP contribution in [0.1, 0.15) is 31.3 Å². The molecule has 2 aromatic carbocycles. The van der Waals surface area contributed by atoms with Gasteiger partial charge in [-0.15, -0.1) is 0 Å². The van der Waals surface area contributed by atoms with Crippen molar-refractivity contribution >= 4 is 17.6 Å². The molecule has 0 aliphatic heterocycles. The zero-order valence-corrected chi connectivity index (χ0v) is 16.1. The molecule has 0 aliphatic carbocycles. The Morgan fingerprint density at radius 1 is 1.15 bits per heavy atom. The monoisotopic (exact) mass is 383 g/mol. The van der Waals surface area contributed by atoms with Crippen LogP contribution < -0.4 is 10.6 Å². The van der Waals surface area contributed by atoms with Crippen LogP contribution in [0.2, 0.25) is 5.02 Å². The third kappa shape index (κ3) is 5.31. The number of benzene rings is 2. The van der Waals surface area contributed by atoms with Gasteiger partial charge in [0.25, 0.3) is 0 Å². The summed E-state index contributed by atoms with van der Waals surface area (Å²) in [6.45, 7) is 5.16. The second kappa shape index (κ2) is 9.19. The van der Waals surface area contributed by atoms with E-state index in [1.54, 1.807) is 12.1 Å². The van der Waals surface area contributed by atoms with E-state index in [1.165, 1.54) is 5.56 Å². The van der Waals surface area contributed by atoms with Gasteiger partial charge >= 0.3 is 0 Å². The van der Waals surface area contributed by atoms with Gasteiger partial charge in [-0.3, -0.25) is 0 Å². The molecular formula is C20H22ClN5O. The molecule has 7 heteroatoms. The van der Waals surface area contributed by atoms with Crippen LogP contribution in [0.15, 0.2) is 64.1 Å². The molecule has 0 amide bonds. The number of guanidine groups is 1. The molecule has 0 radical (unpaired) electrons. The first-order chi connectivity index (χ1) is 13.2. The highest BCUT2D eigenvalue weighted by Gasteiger charge is 2.10. The Kier molecular flexibility index (Phi) is 6.44. The normalized spacial score (nSPS) is 12.6. The van der Waals surface area contributed by atoms with Gasteiger partial charge in [-0.2, -0.15) is 4.98 Å². The van der Waals surface area contributed by atoms with E-state index in [0.717, 1.165) is 12.1 Å². The van der Waals surface area contributed by atoms with Crippen LogP contribution in [-0.4, -0.2) is 22.6 Å². The van der Waals surface area contributed by atoms with Crippen molar-refractivity contribution in [3.8, 4) is 11.4 Å². The van der Waals surface area contributed by atoms with Crippen molar-refractivity contribution in [2.45, 2.75) is 26.4 Å². The highest BCUT2D eigenvalue weighted by molar-refractivity contribution is 6.30. The predicted octanol–water partition coefficient (Wildman–Crippen LogP) is 4.21. The number of nitrogens with zero attached hydrogens (tertiary/aromatic N) is 3. The number of hydrogen-bond acceptors (Lipinski definition) is 4. The fraction of sp³-hybridized carbons (Fsp3) is 0.250. The van der Waals surface area contributed by atoms with Crippen LogP contribution in [0.3, 0.4) is 0 Å². The number of aromatic nitrogens is 2. The van der Waals surface area contributed by atoms with Crippen LogP contribution in [0.25, 0.3) is 11.4 Å². The van der Waals surface area contributed by atoms with Crippen LogP contribution in [0.5, 0.6) is 0 Å². The molecule has 1 heterocycles. The lowest BCUT2D eigenvalue weighted by molar-refractivity contribution is 0.380. The summed E-state index contributed by atoms with van der Waals surface area (Å²) in [5, 5.41) is 11.3. The fourth-order valence-electron chi connectivity index (χ4n) is 2.53. The lowest BCUT2D eigenvalue weighted by atomic mass is 10.1. The molecule has 0 aliphatic rings. The third-order valence-corrected chi connectivity index (χ3v) is 4.19. The average molecular weight is 384 g/mol. The smallest absolute Gasteiger partial charge is 0.248 e. The van der Waals surface area contributed by atoms with E-state index in [4.69, 9.17) is 16.1 Å². The van der Waals surface area contributed by atoms with E-state index in [-0.39, 0.29) is 12.6 Å². The zero-order chi connectivity index (χ0) is 19.1. The van der Waals surface area contributed by atoms with Gasteiger partial charge in [0.15, 0.2) is 5.96 Å². The molecule has 0 spiro atoms.